The summed E-state index contributed by atoms with van der Waals surface area (Å²) in [6.45, 7) is 7.46. The van der Waals surface area contributed by atoms with Crippen molar-refractivity contribution in [2.75, 3.05) is 26.2 Å². The van der Waals surface area contributed by atoms with Gasteiger partial charge in [-0.1, -0.05) is 43.7 Å². The fourth-order valence-corrected chi connectivity index (χ4v) is 3.85. The lowest BCUT2D eigenvalue weighted by molar-refractivity contribution is 0.124. The highest BCUT2D eigenvalue weighted by atomic mass is 16.5. The fourth-order valence-electron chi connectivity index (χ4n) is 3.85. The first kappa shape index (κ1) is 19.2. The second-order valence-electron chi connectivity index (χ2n) is 7.95. The zero-order valence-electron chi connectivity index (χ0n) is 16.0. The standard InChI is InChI=1S/C21H33N3O2/c1-17(15-24-10-6-3-7-11-24)14-22-19-12-20(13-19)23-21(25)26-16-18-8-4-2-5-9-18/h2,4-5,8-9,17,19-20,22H,3,6-7,10-16H2,1H3,(H,23,25). The number of benzene rings is 1. The van der Waals surface area contributed by atoms with Crippen LogP contribution < -0.4 is 10.6 Å². The maximum absolute atomic E-state index is 11.9. The number of nitrogens with zero attached hydrogens (tertiary/aromatic N) is 1. The summed E-state index contributed by atoms with van der Waals surface area (Å²) in [4.78, 5) is 14.5. The van der Waals surface area contributed by atoms with E-state index in [1.807, 2.05) is 30.3 Å². The lowest BCUT2D eigenvalue weighted by Gasteiger charge is -2.37. The van der Waals surface area contributed by atoms with E-state index in [0.29, 0.717) is 18.6 Å². The second-order valence-corrected chi connectivity index (χ2v) is 7.95. The Morgan fingerprint density at radius 2 is 1.88 bits per heavy atom. The van der Waals surface area contributed by atoms with Crippen molar-refractivity contribution in [3.05, 3.63) is 35.9 Å². The Kier molecular flexibility index (Phi) is 7.32. The summed E-state index contributed by atoms with van der Waals surface area (Å²) in [6.07, 6.45) is 5.80. The summed E-state index contributed by atoms with van der Waals surface area (Å²) in [5.74, 6) is 0.677. The van der Waals surface area contributed by atoms with Crippen LogP contribution in [0.4, 0.5) is 4.79 Å². The topological polar surface area (TPSA) is 53.6 Å². The van der Waals surface area contributed by atoms with E-state index >= 15 is 0 Å². The third-order valence-corrected chi connectivity index (χ3v) is 5.45. The van der Waals surface area contributed by atoms with Gasteiger partial charge in [-0.25, -0.2) is 4.79 Å². The van der Waals surface area contributed by atoms with Crippen LogP contribution >= 0.6 is 0 Å². The van der Waals surface area contributed by atoms with E-state index in [0.717, 1.165) is 24.9 Å². The molecule has 3 rings (SSSR count). The molecule has 1 saturated carbocycles. The Morgan fingerprint density at radius 1 is 1.15 bits per heavy atom. The highest BCUT2D eigenvalue weighted by Crippen LogP contribution is 2.20. The Hall–Kier alpha value is -1.59. The quantitative estimate of drug-likeness (QED) is 0.749. The van der Waals surface area contributed by atoms with Gasteiger partial charge in [0, 0.05) is 18.6 Å². The van der Waals surface area contributed by atoms with Crippen LogP contribution in [0.5, 0.6) is 0 Å². The number of ether oxygens (including phenoxy) is 1. The van der Waals surface area contributed by atoms with Gasteiger partial charge in [-0.2, -0.15) is 0 Å². The zero-order chi connectivity index (χ0) is 18.2. The van der Waals surface area contributed by atoms with E-state index < -0.39 is 0 Å². The number of hydrogen-bond acceptors (Lipinski definition) is 4. The number of piperidine rings is 1. The van der Waals surface area contributed by atoms with Gasteiger partial charge in [-0.15, -0.1) is 0 Å². The molecule has 5 nitrogen and oxygen atoms in total. The predicted molar refractivity (Wildman–Crippen MR) is 104 cm³/mol. The van der Waals surface area contributed by atoms with E-state index in [1.165, 1.54) is 38.9 Å². The van der Waals surface area contributed by atoms with Crippen molar-refractivity contribution >= 4 is 6.09 Å². The van der Waals surface area contributed by atoms with Crippen LogP contribution in [0.2, 0.25) is 0 Å². The molecule has 1 aromatic carbocycles. The summed E-state index contributed by atoms with van der Waals surface area (Å²) in [6, 6.07) is 10.5. The minimum atomic E-state index is -0.309. The Balaban J connectivity index is 1.23. The van der Waals surface area contributed by atoms with Gasteiger partial charge < -0.3 is 20.3 Å². The van der Waals surface area contributed by atoms with Crippen LogP contribution in [-0.4, -0.2) is 49.3 Å². The van der Waals surface area contributed by atoms with E-state index in [2.05, 4.69) is 22.5 Å². The lowest BCUT2D eigenvalue weighted by atomic mass is 9.86. The fraction of sp³-hybridized carbons (Fsp3) is 0.667. The number of nitrogens with one attached hydrogen (secondary N) is 2. The maximum Gasteiger partial charge on any atom is 0.407 e. The summed E-state index contributed by atoms with van der Waals surface area (Å²) in [5, 5.41) is 6.61. The number of likely N-dealkylation sites (tertiary alicyclic amines) is 1. The highest BCUT2D eigenvalue weighted by Gasteiger charge is 2.30. The van der Waals surface area contributed by atoms with Crippen molar-refractivity contribution in [2.24, 2.45) is 5.92 Å². The molecule has 1 atom stereocenters. The number of carbonyl (C=O) groups is 1. The number of alkyl carbamates (subject to hydrolysis) is 1. The molecule has 1 heterocycles. The molecule has 144 valence electrons. The highest BCUT2D eigenvalue weighted by molar-refractivity contribution is 5.67. The average molecular weight is 360 g/mol. The van der Waals surface area contributed by atoms with Gasteiger partial charge >= 0.3 is 6.09 Å². The largest absolute Gasteiger partial charge is 0.445 e. The molecule has 0 spiro atoms. The van der Waals surface area contributed by atoms with Gasteiger partial charge in [-0.05, 0) is 56.8 Å². The molecule has 0 radical (unpaired) electrons. The smallest absolute Gasteiger partial charge is 0.407 e. The minimum Gasteiger partial charge on any atom is -0.445 e. The molecule has 2 N–H and O–H groups in total. The maximum atomic E-state index is 11.9. The van der Waals surface area contributed by atoms with Crippen LogP contribution in [-0.2, 0) is 11.3 Å². The van der Waals surface area contributed by atoms with Gasteiger partial charge in [0.2, 0.25) is 0 Å². The van der Waals surface area contributed by atoms with Crippen molar-refractivity contribution in [2.45, 2.75) is 57.7 Å². The minimum absolute atomic E-state index is 0.244. The van der Waals surface area contributed by atoms with Crippen LogP contribution in [0.25, 0.3) is 0 Å². The Bertz CT molecular complexity index is 539. The molecule has 1 amide bonds. The molecule has 5 heteroatoms. The summed E-state index contributed by atoms with van der Waals surface area (Å²) in [7, 11) is 0. The van der Waals surface area contributed by atoms with E-state index in [-0.39, 0.29) is 12.1 Å². The molecule has 0 bridgehead atoms. The van der Waals surface area contributed by atoms with Crippen molar-refractivity contribution in [3.8, 4) is 0 Å². The number of hydrogen-bond donors (Lipinski definition) is 2. The van der Waals surface area contributed by atoms with Crippen molar-refractivity contribution < 1.29 is 9.53 Å². The zero-order valence-corrected chi connectivity index (χ0v) is 16.0. The van der Waals surface area contributed by atoms with Gasteiger partial charge in [0.25, 0.3) is 0 Å². The van der Waals surface area contributed by atoms with Crippen molar-refractivity contribution in [1.29, 1.82) is 0 Å². The van der Waals surface area contributed by atoms with Gasteiger partial charge in [0.15, 0.2) is 0 Å². The lowest BCUT2D eigenvalue weighted by Crippen LogP contribution is -2.53. The second kappa shape index (κ2) is 9.93. The third kappa shape index (κ3) is 6.29. The SMILES string of the molecule is CC(CNC1CC(NC(=O)OCc2ccccc2)C1)CN1CCCCC1. The summed E-state index contributed by atoms with van der Waals surface area (Å²) in [5.41, 5.74) is 1.01. The Morgan fingerprint density at radius 3 is 2.62 bits per heavy atom. The number of carbonyl (C=O) groups excluding carboxylic acids is 1. The van der Waals surface area contributed by atoms with Gasteiger partial charge in [-0.3, -0.25) is 0 Å². The molecule has 2 aliphatic rings. The van der Waals surface area contributed by atoms with Crippen molar-refractivity contribution in [3.63, 3.8) is 0 Å². The van der Waals surface area contributed by atoms with Gasteiger partial charge in [0.05, 0.1) is 0 Å². The normalized spacial score (nSPS) is 24.5. The average Bonchev–Trinajstić information content (AvgIpc) is 2.63. The first-order valence-corrected chi connectivity index (χ1v) is 10.1. The van der Waals surface area contributed by atoms with E-state index in [9.17, 15) is 4.79 Å². The molecule has 26 heavy (non-hydrogen) atoms. The monoisotopic (exact) mass is 359 g/mol. The van der Waals surface area contributed by atoms with Crippen LogP contribution in [0.3, 0.4) is 0 Å². The molecule has 0 aromatic heterocycles. The van der Waals surface area contributed by atoms with E-state index in [4.69, 9.17) is 4.74 Å². The summed E-state index contributed by atoms with van der Waals surface area (Å²) < 4.78 is 5.28. The van der Waals surface area contributed by atoms with Crippen LogP contribution in [0.1, 0.15) is 44.6 Å². The van der Waals surface area contributed by atoms with E-state index in [1.54, 1.807) is 0 Å². The molecule has 1 aliphatic heterocycles. The van der Waals surface area contributed by atoms with Gasteiger partial charge in [0.1, 0.15) is 6.61 Å². The molecule has 2 fully saturated rings. The molecule has 1 aliphatic carbocycles. The predicted octanol–water partition coefficient (Wildman–Crippen LogP) is 3.16. The summed E-state index contributed by atoms with van der Waals surface area (Å²) >= 11 is 0. The first-order chi connectivity index (χ1) is 12.7. The molecule has 1 unspecified atom stereocenters. The number of amides is 1. The third-order valence-electron chi connectivity index (χ3n) is 5.45. The first-order valence-electron chi connectivity index (χ1n) is 10.1. The van der Waals surface area contributed by atoms with Crippen molar-refractivity contribution in [1.82, 2.24) is 15.5 Å². The number of rotatable bonds is 8. The molecular formula is C21H33N3O2. The van der Waals surface area contributed by atoms with Crippen LogP contribution in [0, 0.1) is 5.92 Å². The van der Waals surface area contributed by atoms with Crippen LogP contribution in [0.15, 0.2) is 30.3 Å². The molecule has 1 saturated heterocycles. The Labute approximate surface area is 157 Å². The molecular weight excluding hydrogens is 326 g/mol. The molecule has 1 aromatic rings.